The number of nitrogens with two attached hydrogens (primary N) is 12. The third-order valence-corrected chi connectivity index (χ3v) is 15.1. The molecule has 6 unspecified atom stereocenters. The normalized spacial score (nSPS) is 14.4. The van der Waals surface area contributed by atoms with Gasteiger partial charge in [-0.3, -0.25) is 24.0 Å². The Labute approximate surface area is 886 Å². The molecule has 150 heavy (non-hydrogen) atoms. The monoisotopic (exact) mass is 2130 g/mol. The highest BCUT2D eigenvalue weighted by Crippen LogP contribution is 2.25. The van der Waals surface area contributed by atoms with E-state index in [-0.39, 0.29) is 65.9 Å². The number of hydrogen-bond donors (Lipinski definition) is 12. The fourth-order valence-electron chi connectivity index (χ4n) is 9.11. The summed E-state index contributed by atoms with van der Waals surface area (Å²) in [5, 5.41) is 0. The maximum Gasteiger partial charge on any atom is 0.344 e. The molecule has 0 spiro atoms. The summed E-state index contributed by atoms with van der Waals surface area (Å²) in [5.74, 6) is -6.82. The Bertz CT molecular complexity index is 3800. The summed E-state index contributed by atoms with van der Waals surface area (Å²) in [6.07, 6.45) is -0.335. The van der Waals surface area contributed by atoms with Crippen LogP contribution in [0.25, 0.3) is 0 Å². The van der Waals surface area contributed by atoms with E-state index < -0.39 is 134 Å². The third-order valence-electron chi connectivity index (χ3n) is 15.1. The van der Waals surface area contributed by atoms with Crippen molar-refractivity contribution in [2.75, 3.05) is 172 Å². The van der Waals surface area contributed by atoms with E-state index in [1.165, 1.54) is 113 Å². The van der Waals surface area contributed by atoms with Crippen LogP contribution in [0.1, 0.15) is 85.5 Å². The van der Waals surface area contributed by atoms with Crippen molar-refractivity contribution in [2.45, 2.75) is 122 Å². The lowest BCUT2D eigenvalue weighted by molar-refractivity contribution is -0.168. The molecule has 6 heterocycles. The summed E-state index contributed by atoms with van der Waals surface area (Å²) in [6, 6.07) is 72.0. The molecule has 0 aliphatic carbocycles. The first-order chi connectivity index (χ1) is 72.5. The molecule has 0 aromatic heterocycles. The average molecular weight is 2130 g/mol. The van der Waals surface area contributed by atoms with Gasteiger partial charge in [-0.15, -0.1) is 0 Å². The van der Waals surface area contributed by atoms with Gasteiger partial charge in [-0.25, -0.2) is 43.2 Å². The van der Waals surface area contributed by atoms with Crippen LogP contribution in [0.5, 0.6) is 0 Å². The summed E-state index contributed by atoms with van der Waals surface area (Å²) in [5.41, 5.74) is 56.3. The minimum atomic E-state index is -0.677. The number of ether oxygens (including phenoxy) is 18. The van der Waals surface area contributed by atoms with Gasteiger partial charge >= 0.3 is 83.6 Å². The third kappa shape index (κ3) is 108. The van der Waals surface area contributed by atoms with E-state index in [9.17, 15) is 67.1 Å². The van der Waals surface area contributed by atoms with Gasteiger partial charge < -0.3 is 154 Å². The highest BCUT2D eigenvalue weighted by atomic mass is 16.7. The molecule has 0 radical (unpaired) electrons. The van der Waals surface area contributed by atoms with Crippen molar-refractivity contribution in [1.82, 2.24) is 0 Å². The molecule has 6 atom stereocenters. The minimum Gasteiger partial charge on any atom is -0.460 e. The first-order valence-corrected chi connectivity index (χ1v) is 46.1. The van der Waals surface area contributed by atoms with Gasteiger partial charge in [0.15, 0.2) is 20.2 Å². The predicted octanol–water partition coefficient (Wildman–Crippen LogP) is 6.96. The van der Waals surface area contributed by atoms with Crippen molar-refractivity contribution in [1.29, 1.82) is 0 Å². The van der Waals surface area contributed by atoms with Crippen LogP contribution in [0.3, 0.4) is 0 Å². The number of carbonyl (C=O) groups excluding carboxylic acids is 14. The Kier molecular flexibility index (Phi) is 136. The maximum absolute atomic E-state index is 11.2. The molecule has 6 aliphatic rings. The first kappa shape index (κ1) is 161. The summed E-state index contributed by atoms with van der Waals surface area (Å²) in [7, 11) is 20.8. The Morgan fingerprint density at radius 1 is 0.233 bits per heavy atom. The van der Waals surface area contributed by atoms with Crippen LogP contribution >= 0.6 is 0 Å². The Balaban J connectivity index is -0.000000138. The SMILES string of the molecule is C=C1CC(CC(=O)OCOC(C)=O)OC1=O.C=C1CC(CC(=O)OCOC)OC1=O.C=C1CC(CC(=O)OCOCC)OC1=O.C=C1CC(COC(=O)COC(C)=O)OC1=O.C=C1CC(COC(=O)COC)OC1=O.C=C1CC(COC(=O)COCC)OC1=O.CN.CN.CN.CN.CN.CN.CN.CN.CN.CN.CN.CN.c1ccccc1.c1ccccc1.c1ccccc1.c1ccccc1.c1ccccc1.c1ccccc1. The van der Waals surface area contributed by atoms with Crippen LogP contribution in [0.4, 0.5) is 0 Å². The number of esters is 14. The van der Waals surface area contributed by atoms with Gasteiger partial charge in [-0.05, 0) is 98.4 Å². The summed E-state index contributed by atoms with van der Waals surface area (Å²) in [6.45, 7) is 26.9. The molecule has 6 fully saturated rings. The fourth-order valence-corrected chi connectivity index (χ4v) is 9.11. The molecule has 44 nitrogen and oxygen atoms in total. The quantitative estimate of drug-likeness (QED) is 0.00858. The van der Waals surface area contributed by atoms with E-state index >= 15 is 0 Å². The van der Waals surface area contributed by atoms with Crippen LogP contribution in [-0.4, -0.2) is 292 Å². The van der Waals surface area contributed by atoms with Crippen molar-refractivity contribution in [2.24, 2.45) is 68.8 Å². The molecule has 0 bridgehead atoms. The molecular weight excluding hydrogens is 1950 g/mol. The lowest BCUT2D eigenvalue weighted by Gasteiger charge is -2.09. The van der Waals surface area contributed by atoms with Gasteiger partial charge in [0.2, 0.25) is 6.79 Å². The largest absolute Gasteiger partial charge is 0.460 e. The highest BCUT2D eigenvalue weighted by Gasteiger charge is 2.34. The van der Waals surface area contributed by atoms with Gasteiger partial charge in [0.1, 0.15) is 69.7 Å². The van der Waals surface area contributed by atoms with Crippen molar-refractivity contribution in [3.63, 3.8) is 0 Å². The number of rotatable bonds is 26. The van der Waals surface area contributed by atoms with E-state index in [2.05, 4.69) is 137 Å². The van der Waals surface area contributed by atoms with Gasteiger partial charge in [0, 0.05) is 113 Å². The van der Waals surface area contributed by atoms with Gasteiger partial charge in [-0.2, -0.15) is 0 Å². The molecule has 24 N–H and O–H groups in total. The van der Waals surface area contributed by atoms with Crippen molar-refractivity contribution in [3.05, 3.63) is 291 Å². The molecule has 44 heteroatoms. The summed E-state index contributed by atoms with van der Waals surface area (Å²) < 4.78 is 85.0. The second-order valence-electron chi connectivity index (χ2n) is 25.8. The molecule has 6 aromatic carbocycles. The van der Waals surface area contributed by atoms with Crippen molar-refractivity contribution >= 4 is 83.6 Å². The molecule has 12 rings (SSSR count). The van der Waals surface area contributed by atoms with Gasteiger partial charge in [0.25, 0.3) is 0 Å². The van der Waals surface area contributed by atoms with Crippen LogP contribution in [-0.2, 0) is 152 Å². The molecule has 848 valence electrons. The zero-order valence-electron chi connectivity index (χ0n) is 90.6. The molecule has 6 saturated heterocycles. The van der Waals surface area contributed by atoms with Gasteiger partial charge in [-0.1, -0.05) is 258 Å². The Hall–Kier alpha value is -14.3. The van der Waals surface area contributed by atoms with Gasteiger partial charge in [0.05, 0.1) is 19.3 Å². The van der Waals surface area contributed by atoms with E-state index in [0.717, 1.165) is 0 Å². The maximum atomic E-state index is 11.2. The Morgan fingerprint density at radius 3 is 0.587 bits per heavy atom. The molecule has 0 saturated carbocycles. The second kappa shape index (κ2) is 127. The fraction of sp³-hybridized carbons (Fsp3) is 0.415. The lowest BCUT2D eigenvalue weighted by atomic mass is 10.1. The van der Waals surface area contributed by atoms with E-state index in [0.29, 0.717) is 85.2 Å². The molecule has 6 aromatic rings. The zero-order valence-corrected chi connectivity index (χ0v) is 90.6. The molecule has 0 amide bonds. The minimum absolute atomic E-state index is 0.0497. The van der Waals surface area contributed by atoms with E-state index in [1.54, 1.807) is 13.8 Å². The van der Waals surface area contributed by atoms with Crippen molar-refractivity contribution in [3.8, 4) is 0 Å². The number of cyclic esters (lactones) is 6. The van der Waals surface area contributed by atoms with Crippen molar-refractivity contribution < 1.29 is 152 Å². The van der Waals surface area contributed by atoms with Crippen LogP contribution in [0.2, 0.25) is 0 Å². The molecule has 6 aliphatic heterocycles. The summed E-state index contributed by atoms with van der Waals surface area (Å²) >= 11 is 0. The number of hydrogen-bond acceptors (Lipinski definition) is 44. The first-order valence-electron chi connectivity index (χ1n) is 46.1. The zero-order chi connectivity index (χ0) is 117. The standard InChI is InChI=1S/2C10H12O6.2C10H14O5.2C9H12O5.6C6H6.12CH5N/c1-6-3-8(16-10(6)13)4-15-9(12)5-14-7(2)11;1-6-3-8(16-10(6)13)4-9(12)15-5-14-7(2)11;1-3-13-6-9(11)14-5-8-4-7(2)10(12)15-8;1-3-13-6-14-9(11)5-8-4-7(2)10(12)15-8;1-6-3-7(14-9(6)11)4-13-8(10)5-12-2;1-6-3-7(14-9(6)11)4-8(10)13-5-12-2;6*1-2-4-6-5-3-1;12*1-2/h2*8H,1,3-5H2,2H3;2*8H,2-6H2,1H3;2*7H,1,3-5H2,2H3;6*1-6H;12*2H2,1H3. The Morgan fingerprint density at radius 2 is 0.413 bits per heavy atom. The smallest absolute Gasteiger partial charge is 0.344 e. The van der Waals surface area contributed by atoms with E-state index in [4.69, 9.17) is 56.8 Å². The lowest BCUT2D eigenvalue weighted by Crippen LogP contribution is -2.21. The van der Waals surface area contributed by atoms with Crippen LogP contribution < -0.4 is 68.8 Å². The molecular formula is C106H172N12O32. The second-order valence-corrected chi connectivity index (χ2v) is 25.8. The number of methoxy groups -OCH3 is 2. The highest BCUT2D eigenvalue weighted by molar-refractivity contribution is 5.93. The topological polar surface area (TPSA) is 717 Å². The predicted molar refractivity (Wildman–Crippen MR) is 577 cm³/mol. The summed E-state index contributed by atoms with van der Waals surface area (Å²) in [4.78, 5) is 152. The average Bonchev–Trinajstić information content (AvgIpc) is 1.82. The van der Waals surface area contributed by atoms with E-state index in [1.807, 2.05) is 218 Å². The number of carbonyl (C=O) groups is 14. The number of benzene rings is 6. The van der Waals surface area contributed by atoms with Crippen LogP contribution in [0, 0.1) is 0 Å². The van der Waals surface area contributed by atoms with Crippen LogP contribution in [0.15, 0.2) is 291 Å².